The summed E-state index contributed by atoms with van der Waals surface area (Å²) in [5.41, 5.74) is 10.4. The number of aryl methyl sites for hydroxylation is 1. The molecule has 3 heteroatoms. The van der Waals surface area contributed by atoms with Crippen molar-refractivity contribution in [3.63, 3.8) is 0 Å². The fraction of sp³-hybridized carbons (Fsp3) is 0.188. The van der Waals surface area contributed by atoms with Gasteiger partial charge < -0.3 is 5.73 Å². The van der Waals surface area contributed by atoms with Crippen LogP contribution in [0.4, 0.5) is 0 Å². The molecule has 1 heterocycles. The van der Waals surface area contributed by atoms with Gasteiger partial charge >= 0.3 is 0 Å². The molecule has 0 saturated heterocycles. The van der Waals surface area contributed by atoms with Crippen LogP contribution in [0.15, 0.2) is 42.5 Å². The molecular formula is C16H16N2S. The number of benzene rings is 2. The molecule has 0 aliphatic carbocycles. The molecule has 2 aromatic carbocycles. The van der Waals surface area contributed by atoms with Crippen molar-refractivity contribution in [2.45, 2.75) is 13.3 Å². The molecule has 0 fully saturated rings. The second-order valence-electron chi connectivity index (χ2n) is 4.65. The van der Waals surface area contributed by atoms with Gasteiger partial charge in [-0.2, -0.15) is 0 Å². The van der Waals surface area contributed by atoms with Gasteiger partial charge in [0, 0.05) is 0 Å². The fourth-order valence-corrected chi connectivity index (χ4v) is 3.10. The second kappa shape index (κ2) is 5.11. The molecule has 0 bridgehead atoms. The summed E-state index contributed by atoms with van der Waals surface area (Å²) in [6.07, 6.45) is 0.923. The zero-order valence-electron chi connectivity index (χ0n) is 10.9. The third-order valence-corrected chi connectivity index (χ3v) is 4.14. The largest absolute Gasteiger partial charge is 0.330 e. The summed E-state index contributed by atoms with van der Waals surface area (Å²) >= 11 is 1.74. The van der Waals surface area contributed by atoms with E-state index in [2.05, 4.69) is 47.4 Å². The van der Waals surface area contributed by atoms with Crippen molar-refractivity contribution in [1.82, 2.24) is 4.98 Å². The minimum absolute atomic E-state index is 0.688. The van der Waals surface area contributed by atoms with Crippen LogP contribution >= 0.6 is 11.3 Å². The highest BCUT2D eigenvalue weighted by molar-refractivity contribution is 7.18. The smallest absolute Gasteiger partial charge is 0.0907 e. The second-order valence-corrected chi connectivity index (χ2v) is 5.89. The Hall–Kier alpha value is -1.71. The Morgan fingerprint density at radius 2 is 1.95 bits per heavy atom. The minimum atomic E-state index is 0.688. The Balaban J connectivity index is 2.05. The minimum Gasteiger partial charge on any atom is -0.330 e. The first-order valence-electron chi connectivity index (χ1n) is 6.43. The molecular weight excluding hydrogens is 252 g/mol. The number of rotatable bonds is 3. The van der Waals surface area contributed by atoms with Crippen LogP contribution < -0.4 is 5.73 Å². The summed E-state index contributed by atoms with van der Waals surface area (Å²) in [7, 11) is 0. The Morgan fingerprint density at radius 1 is 1.11 bits per heavy atom. The van der Waals surface area contributed by atoms with Gasteiger partial charge in [0.15, 0.2) is 0 Å². The fourth-order valence-electron chi connectivity index (χ4n) is 2.30. The van der Waals surface area contributed by atoms with Crippen molar-refractivity contribution in [1.29, 1.82) is 0 Å². The lowest BCUT2D eigenvalue weighted by Crippen LogP contribution is -2.02. The quantitative estimate of drug-likeness (QED) is 0.785. The third-order valence-electron chi connectivity index (χ3n) is 3.19. The molecule has 96 valence electrons. The first kappa shape index (κ1) is 12.3. The first-order valence-corrected chi connectivity index (χ1v) is 7.24. The van der Waals surface area contributed by atoms with Crippen LogP contribution in [0.3, 0.4) is 0 Å². The van der Waals surface area contributed by atoms with Crippen LogP contribution in [0.5, 0.6) is 0 Å². The van der Waals surface area contributed by atoms with Crippen LogP contribution in [0, 0.1) is 6.92 Å². The van der Waals surface area contributed by atoms with Gasteiger partial charge in [-0.25, -0.2) is 4.98 Å². The predicted octanol–water partition coefficient (Wildman–Crippen LogP) is 3.77. The Bertz CT molecular complexity index is 716. The Kier molecular flexibility index (Phi) is 3.32. The summed E-state index contributed by atoms with van der Waals surface area (Å²) in [6, 6.07) is 15.1. The van der Waals surface area contributed by atoms with Gasteiger partial charge in [-0.05, 0) is 48.7 Å². The van der Waals surface area contributed by atoms with E-state index in [0.717, 1.165) is 16.9 Å². The standard InChI is InChI=1S/C16H16N2S/c1-11-18-15-10-14(5-6-16(15)19-11)13-4-2-3-12(9-13)7-8-17/h2-6,9-10H,7-8,17H2,1H3. The molecule has 0 spiro atoms. The maximum atomic E-state index is 5.62. The molecule has 2 nitrogen and oxygen atoms in total. The lowest BCUT2D eigenvalue weighted by molar-refractivity contribution is 0.969. The molecule has 0 atom stereocenters. The number of fused-ring (bicyclic) bond motifs is 1. The zero-order valence-corrected chi connectivity index (χ0v) is 11.7. The van der Waals surface area contributed by atoms with E-state index in [9.17, 15) is 0 Å². The molecule has 0 radical (unpaired) electrons. The topological polar surface area (TPSA) is 38.9 Å². The maximum Gasteiger partial charge on any atom is 0.0907 e. The number of hydrogen-bond acceptors (Lipinski definition) is 3. The average molecular weight is 268 g/mol. The van der Waals surface area contributed by atoms with Crippen molar-refractivity contribution < 1.29 is 0 Å². The van der Waals surface area contributed by atoms with E-state index in [1.807, 2.05) is 6.92 Å². The van der Waals surface area contributed by atoms with E-state index in [4.69, 9.17) is 5.73 Å². The van der Waals surface area contributed by atoms with Crippen LogP contribution in [-0.2, 0) is 6.42 Å². The van der Waals surface area contributed by atoms with Gasteiger partial charge in [0.25, 0.3) is 0 Å². The molecule has 0 amide bonds. The molecule has 3 rings (SSSR count). The van der Waals surface area contributed by atoms with Crippen molar-refractivity contribution in [2.24, 2.45) is 5.73 Å². The molecule has 3 aromatic rings. The summed E-state index contributed by atoms with van der Waals surface area (Å²) in [6.45, 7) is 2.74. The Morgan fingerprint density at radius 3 is 2.79 bits per heavy atom. The van der Waals surface area contributed by atoms with Crippen molar-refractivity contribution in [3.8, 4) is 11.1 Å². The van der Waals surface area contributed by atoms with Gasteiger partial charge in [-0.3, -0.25) is 0 Å². The average Bonchev–Trinajstić information content (AvgIpc) is 2.78. The van der Waals surface area contributed by atoms with Crippen molar-refractivity contribution in [3.05, 3.63) is 53.0 Å². The summed E-state index contributed by atoms with van der Waals surface area (Å²) in [4.78, 5) is 4.56. The molecule has 0 unspecified atom stereocenters. The Labute approximate surface area is 116 Å². The van der Waals surface area contributed by atoms with Gasteiger partial charge in [0.05, 0.1) is 15.2 Å². The van der Waals surface area contributed by atoms with Gasteiger partial charge in [-0.1, -0.05) is 30.3 Å². The molecule has 0 aliphatic heterocycles. The number of thiazole rings is 1. The van der Waals surface area contributed by atoms with Crippen LogP contribution in [0.2, 0.25) is 0 Å². The van der Waals surface area contributed by atoms with E-state index >= 15 is 0 Å². The van der Waals surface area contributed by atoms with Crippen LogP contribution in [0.25, 0.3) is 21.3 Å². The maximum absolute atomic E-state index is 5.62. The number of nitrogens with zero attached hydrogens (tertiary/aromatic N) is 1. The number of nitrogens with two attached hydrogens (primary N) is 1. The van der Waals surface area contributed by atoms with E-state index in [1.54, 1.807) is 11.3 Å². The van der Waals surface area contributed by atoms with Crippen molar-refractivity contribution >= 4 is 21.6 Å². The van der Waals surface area contributed by atoms with E-state index in [-0.39, 0.29) is 0 Å². The molecule has 19 heavy (non-hydrogen) atoms. The van der Waals surface area contributed by atoms with Gasteiger partial charge in [0.2, 0.25) is 0 Å². The lowest BCUT2D eigenvalue weighted by Gasteiger charge is -2.05. The van der Waals surface area contributed by atoms with Crippen LogP contribution in [-0.4, -0.2) is 11.5 Å². The molecule has 2 N–H and O–H groups in total. The SMILES string of the molecule is Cc1nc2cc(-c3cccc(CCN)c3)ccc2s1. The summed E-state index contributed by atoms with van der Waals surface area (Å²) < 4.78 is 1.25. The normalized spacial score (nSPS) is 11.1. The van der Waals surface area contributed by atoms with Gasteiger partial charge in [0.1, 0.15) is 0 Å². The monoisotopic (exact) mass is 268 g/mol. The summed E-state index contributed by atoms with van der Waals surface area (Å²) in [5.74, 6) is 0. The highest BCUT2D eigenvalue weighted by Crippen LogP contribution is 2.28. The lowest BCUT2D eigenvalue weighted by atomic mass is 10.0. The van der Waals surface area contributed by atoms with Crippen molar-refractivity contribution in [2.75, 3.05) is 6.54 Å². The molecule has 0 aliphatic rings. The third kappa shape index (κ3) is 2.53. The zero-order chi connectivity index (χ0) is 13.2. The highest BCUT2D eigenvalue weighted by atomic mass is 32.1. The number of aromatic nitrogens is 1. The highest BCUT2D eigenvalue weighted by Gasteiger charge is 2.04. The number of hydrogen-bond donors (Lipinski definition) is 1. The first-order chi connectivity index (χ1) is 9.26. The summed E-state index contributed by atoms with van der Waals surface area (Å²) in [5, 5.41) is 1.11. The van der Waals surface area contributed by atoms with Crippen LogP contribution in [0.1, 0.15) is 10.6 Å². The van der Waals surface area contributed by atoms with Gasteiger partial charge in [-0.15, -0.1) is 11.3 Å². The van der Waals surface area contributed by atoms with E-state index in [0.29, 0.717) is 6.54 Å². The molecule has 0 saturated carbocycles. The van der Waals surface area contributed by atoms with E-state index < -0.39 is 0 Å². The van der Waals surface area contributed by atoms with E-state index in [1.165, 1.54) is 21.4 Å². The predicted molar refractivity (Wildman–Crippen MR) is 82.6 cm³/mol. The molecule has 1 aromatic heterocycles.